The number of hydrogen-bond acceptors (Lipinski definition) is 5. The fourth-order valence-electron chi connectivity index (χ4n) is 4.75. The van der Waals surface area contributed by atoms with E-state index in [4.69, 9.17) is 4.74 Å². The minimum absolute atomic E-state index is 0.344. The lowest BCUT2D eigenvalue weighted by atomic mass is 9.69. The number of fused-ring (bicyclic) bond motifs is 1. The van der Waals surface area contributed by atoms with Gasteiger partial charge in [0.2, 0.25) is 0 Å². The lowest BCUT2D eigenvalue weighted by Gasteiger charge is -2.40. The number of hydrogen-bond donors (Lipinski definition) is 1. The molecule has 2 aromatic rings. The van der Waals surface area contributed by atoms with Gasteiger partial charge in [0, 0.05) is 24.6 Å². The Morgan fingerprint density at radius 3 is 2.77 bits per heavy atom. The molecular weight excluding hydrogens is 326 g/mol. The maximum absolute atomic E-state index is 11.0. The van der Waals surface area contributed by atoms with Crippen molar-refractivity contribution >= 4 is 5.82 Å². The third kappa shape index (κ3) is 2.94. The molecule has 138 valence electrons. The Labute approximate surface area is 155 Å². The molecule has 1 saturated heterocycles. The Balaban J connectivity index is 1.55. The summed E-state index contributed by atoms with van der Waals surface area (Å²) < 4.78 is 5.42. The average molecular weight is 353 g/mol. The SMILES string of the molecule is CC[C@@]1(O)CCC[C@@H]2CN(c3ccc(-c4ccccc4OC)nn3)C[C@@H]21. The lowest BCUT2D eigenvalue weighted by molar-refractivity contribution is -0.0597. The molecule has 5 nitrogen and oxygen atoms in total. The van der Waals surface area contributed by atoms with E-state index in [1.807, 2.05) is 36.4 Å². The molecular formula is C21H27N3O2. The molecule has 0 radical (unpaired) electrons. The van der Waals surface area contributed by atoms with Crippen molar-refractivity contribution in [3.05, 3.63) is 36.4 Å². The molecule has 1 saturated carbocycles. The zero-order chi connectivity index (χ0) is 18.1. The second-order valence-corrected chi connectivity index (χ2v) is 7.60. The van der Waals surface area contributed by atoms with Gasteiger partial charge in [0.25, 0.3) is 0 Å². The van der Waals surface area contributed by atoms with Crippen molar-refractivity contribution in [3.8, 4) is 17.0 Å². The quantitative estimate of drug-likeness (QED) is 0.911. The van der Waals surface area contributed by atoms with E-state index < -0.39 is 5.60 Å². The summed E-state index contributed by atoms with van der Waals surface area (Å²) in [4.78, 5) is 2.29. The summed E-state index contributed by atoms with van der Waals surface area (Å²) in [6, 6.07) is 11.9. The van der Waals surface area contributed by atoms with Gasteiger partial charge in [0.05, 0.1) is 18.4 Å². The van der Waals surface area contributed by atoms with Crippen molar-refractivity contribution in [2.24, 2.45) is 11.8 Å². The Morgan fingerprint density at radius 2 is 2.04 bits per heavy atom. The first-order valence-corrected chi connectivity index (χ1v) is 9.59. The van der Waals surface area contributed by atoms with Crippen LogP contribution in [0.15, 0.2) is 36.4 Å². The van der Waals surface area contributed by atoms with E-state index >= 15 is 0 Å². The normalized spacial score (nSPS) is 28.0. The molecule has 0 unspecified atom stereocenters. The maximum Gasteiger partial charge on any atom is 0.151 e. The highest BCUT2D eigenvalue weighted by Gasteiger charge is 2.48. The van der Waals surface area contributed by atoms with E-state index in [9.17, 15) is 5.11 Å². The lowest BCUT2D eigenvalue weighted by Crippen LogP contribution is -2.44. The summed E-state index contributed by atoms with van der Waals surface area (Å²) in [6.45, 7) is 3.94. The van der Waals surface area contributed by atoms with Crippen LogP contribution < -0.4 is 9.64 Å². The maximum atomic E-state index is 11.0. The number of nitrogens with zero attached hydrogens (tertiary/aromatic N) is 3. The highest BCUT2D eigenvalue weighted by molar-refractivity contribution is 5.67. The van der Waals surface area contributed by atoms with Crippen molar-refractivity contribution in [1.82, 2.24) is 10.2 Å². The van der Waals surface area contributed by atoms with Crippen molar-refractivity contribution in [2.45, 2.75) is 38.2 Å². The van der Waals surface area contributed by atoms with Gasteiger partial charge in [-0.25, -0.2) is 0 Å². The van der Waals surface area contributed by atoms with E-state index in [1.54, 1.807) is 7.11 Å². The molecule has 1 aliphatic heterocycles. The van der Waals surface area contributed by atoms with E-state index in [2.05, 4.69) is 22.0 Å². The van der Waals surface area contributed by atoms with Crippen LogP contribution in [-0.2, 0) is 0 Å². The van der Waals surface area contributed by atoms with E-state index in [0.29, 0.717) is 11.8 Å². The molecule has 0 amide bonds. The van der Waals surface area contributed by atoms with Crippen molar-refractivity contribution in [1.29, 1.82) is 0 Å². The number of rotatable bonds is 4. The number of methoxy groups -OCH3 is 1. The van der Waals surface area contributed by atoms with Crippen LogP contribution in [0.4, 0.5) is 5.82 Å². The molecule has 0 spiro atoms. The van der Waals surface area contributed by atoms with Crippen LogP contribution in [0.5, 0.6) is 5.75 Å². The van der Waals surface area contributed by atoms with Crippen molar-refractivity contribution in [3.63, 3.8) is 0 Å². The first-order valence-electron chi connectivity index (χ1n) is 9.59. The summed E-state index contributed by atoms with van der Waals surface area (Å²) in [5.41, 5.74) is 1.25. The summed E-state index contributed by atoms with van der Waals surface area (Å²) >= 11 is 0. The molecule has 1 N–H and O–H groups in total. The first kappa shape index (κ1) is 17.3. The molecule has 2 fully saturated rings. The highest BCUT2D eigenvalue weighted by atomic mass is 16.5. The fourth-order valence-corrected chi connectivity index (χ4v) is 4.75. The van der Waals surface area contributed by atoms with Crippen LogP contribution in [0.3, 0.4) is 0 Å². The van der Waals surface area contributed by atoms with E-state index in [0.717, 1.165) is 55.2 Å². The van der Waals surface area contributed by atoms with Crippen LogP contribution in [0.2, 0.25) is 0 Å². The number of ether oxygens (including phenoxy) is 1. The predicted octanol–water partition coefficient (Wildman–Crippen LogP) is 3.53. The first-order chi connectivity index (χ1) is 12.6. The van der Waals surface area contributed by atoms with Gasteiger partial charge in [-0.15, -0.1) is 10.2 Å². The average Bonchev–Trinajstić information content (AvgIpc) is 3.14. The fraction of sp³-hybridized carbons (Fsp3) is 0.524. The van der Waals surface area contributed by atoms with Crippen LogP contribution in [0.25, 0.3) is 11.3 Å². The number of anilines is 1. The molecule has 0 bridgehead atoms. The third-order valence-corrected chi connectivity index (χ3v) is 6.29. The van der Waals surface area contributed by atoms with Gasteiger partial charge >= 0.3 is 0 Å². The highest BCUT2D eigenvalue weighted by Crippen LogP contribution is 2.45. The van der Waals surface area contributed by atoms with Gasteiger partial charge in [0.1, 0.15) is 5.75 Å². The smallest absolute Gasteiger partial charge is 0.151 e. The molecule has 2 aliphatic rings. The standard InChI is InChI=1S/C21H27N3O2/c1-3-21(25)12-6-7-15-13-24(14-17(15)21)20-11-10-18(22-23-20)16-8-4-5-9-19(16)26-2/h4-5,8-11,15,17,25H,3,6-7,12-14H2,1-2H3/t15-,17+,21-/m1/s1. The summed E-state index contributed by atoms with van der Waals surface area (Å²) in [5, 5.41) is 19.9. The van der Waals surface area contributed by atoms with E-state index in [-0.39, 0.29) is 0 Å². The van der Waals surface area contributed by atoms with Gasteiger partial charge in [-0.1, -0.05) is 25.5 Å². The van der Waals surface area contributed by atoms with Crippen LogP contribution in [0.1, 0.15) is 32.6 Å². The van der Waals surface area contributed by atoms with Crippen LogP contribution in [-0.4, -0.2) is 41.1 Å². The zero-order valence-corrected chi connectivity index (χ0v) is 15.6. The number of aliphatic hydroxyl groups is 1. The van der Waals surface area contributed by atoms with Crippen molar-refractivity contribution < 1.29 is 9.84 Å². The Morgan fingerprint density at radius 1 is 1.19 bits per heavy atom. The minimum atomic E-state index is -0.511. The Hall–Kier alpha value is -2.14. The topological polar surface area (TPSA) is 58.5 Å². The molecule has 5 heteroatoms. The number of para-hydroxylation sites is 1. The molecule has 1 aliphatic carbocycles. The molecule has 1 aromatic carbocycles. The minimum Gasteiger partial charge on any atom is -0.496 e. The molecule has 26 heavy (non-hydrogen) atoms. The number of aromatic nitrogens is 2. The van der Waals surface area contributed by atoms with Gasteiger partial charge in [-0.3, -0.25) is 0 Å². The summed E-state index contributed by atoms with van der Waals surface area (Å²) in [7, 11) is 1.67. The number of benzene rings is 1. The second kappa shape index (κ2) is 6.88. The van der Waals surface area contributed by atoms with Crippen LogP contribution >= 0.6 is 0 Å². The molecule has 1 aromatic heterocycles. The molecule has 4 rings (SSSR count). The Kier molecular flexibility index (Phi) is 4.57. The van der Waals surface area contributed by atoms with Gasteiger partial charge in [-0.2, -0.15) is 0 Å². The monoisotopic (exact) mass is 353 g/mol. The van der Waals surface area contributed by atoms with Gasteiger partial charge < -0.3 is 14.7 Å². The van der Waals surface area contributed by atoms with E-state index in [1.165, 1.54) is 6.42 Å². The van der Waals surface area contributed by atoms with Crippen molar-refractivity contribution in [2.75, 3.05) is 25.1 Å². The largest absolute Gasteiger partial charge is 0.496 e. The predicted molar refractivity (Wildman–Crippen MR) is 102 cm³/mol. The van der Waals surface area contributed by atoms with Crippen LogP contribution in [0, 0.1) is 11.8 Å². The summed E-state index contributed by atoms with van der Waals surface area (Å²) in [5.74, 6) is 2.60. The van der Waals surface area contributed by atoms with Gasteiger partial charge in [-0.05, 0) is 49.4 Å². The third-order valence-electron chi connectivity index (χ3n) is 6.29. The second-order valence-electron chi connectivity index (χ2n) is 7.60. The Bertz CT molecular complexity index is 764. The molecule has 3 atom stereocenters. The summed E-state index contributed by atoms with van der Waals surface area (Å²) in [6.07, 6.45) is 4.09. The zero-order valence-electron chi connectivity index (χ0n) is 15.6. The van der Waals surface area contributed by atoms with Gasteiger partial charge in [0.15, 0.2) is 5.82 Å². The molecule has 2 heterocycles.